The number of rotatable bonds is 54. The summed E-state index contributed by atoms with van der Waals surface area (Å²) in [6.45, 7) is 5.29. The molecule has 412 valence electrons. The fourth-order valence-corrected chi connectivity index (χ4v) is 8.69. The second-order valence-corrected chi connectivity index (χ2v) is 22.0. The minimum atomic E-state index is -4.55. The molecule has 0 bridgehead atoms. The molecule has 9 heteroatoms. The van der Waals surface area contributed by atoms with E-state index < -0.39 is 13.9 Å². The lowest BCUT2D eigenvalue weighted by Crippen LogP contribution is -2.37. The Hall–Kier alpha value is -2.32. The lowest BCUT2D eigenvalue weighted by Gasteiger charge is -2.28. The number of unbranched alkanes of at least 4 members (excludes halogenated alkanes) is 26. The predicted molar refractivity (Wildman–Crippen MR) is 305 cm³/mol. The van der Waals surface area contributed by atoms with Crippen molar-refractivity contribution in [2.75, 3.05) is 54.1 Å². The lowest BCUT2D eigenvalue weighted by atomic mass is 10.0. The van der Waals surface area contributed by atoms with E-state index in [1.165, 1.54) is 141 Å². The Bertz CT molecular complexity index is 1410. The van der Waals surface area contributed by atoms with Gasteiger partial charge in [0.15, 0.2) is 0 Å². The van der Waals surface area contributed by atoms with E-state index in [9.17, 15) is 14.3 Å². The first-order valence-electron chi connectivity index (χ1n) is 29.3. The number of likely N-dealkylation sites (N-methyl/N-ethyl adjacent to an activating group) is 1. The number of quaternary nitrogens is 1. The minimum absolute atomic E-state index is 0.0193. The van der Waals surface area contributed by atoms with Crippen LogP contribution in [0.2, 0.25) is 0 Å². The fraction of sp³-hybridized carbons (Fsp3) is 0.758. The van der Waals surface area contributed by atoms with Crippen LogP contribution in [0.25, 0.3) is 0 Å². The monoisotopic (exact) mass is 1010 g/mol. The van der Waals surface area contributed by atoms with Crippen LogP contribution in [0, 0.1) is 0 Å². The van der Waals surface area contributed by atoms with Gasteiger partial charge in [-0.3, -0.25) is 9.36 Å². The summed E-state index contributed by atoms with van der Waals surface area (Å²) in [6.07, 6.45) is 73.4. The molecule has 0 aromatic rings. The van der Waals surface area contributed by atoms with Gasteiger partial charge in [0.2, 0.25) is 0 Å². The van der Waals surface area contributed by atoms with Gasteiger partial charge in [-0.05, 0) is 89.9 Å². The van der Waals surface area contributed by atoms with E-state index in [0.29, 0.717) is 24.1 Å². The van der Waals surface area contributed by atoms with Gasteiger partial charge in [0, 0.05) is 13.0 Å². The van der Waals surface area contributed by atoms with Crippen LogP contribution in [0.3, 0.4) is 0 Å². The Morgan fingerprint density at radius 1 is 0.451 bits per heavy atom. The highest BCUT2D eigenvalue weighted by Gasteiger charge is 2.20. The van der Waals surface area contributed by atoms with Gasteiger partial charge in [0.1, 0.15) is 19.3 Å². The molecule has 0 fully saturated rings. The van der Waals surface area contributed by atoms with Gasteiger partial charge in [0.25, 0.3) is 7.82 Å². The highest BCUT2D eigenvalue weighted by Crippen LogP contribution is 2.38. The van der Waals surface area contributed by atoms with Crippen molar-refractivity contribution in [2.45, 2.75) is 251 Å². The van der Waals surface area contributed by atoms with E-state index in [2.05, 4.69) is 98.9 Å². The third-order valence-corrected chi connectivity index (χ3v) is 13.4. The molecule has 0 aliphatic carbocycles. The van der Waals surface area contributed by atoms with Crippen LogP contribution in [0.1, 0.15) is 245 Å². The summed E-state index contributed by atoms with van der Waals surface area (Å²) in [5.41, 5.74) is 0. The topological polar surface area (TPSA) is 94.1 Å². The first kappa shape index (κ1) is 68.7. The van der Waals surface area contributed by atoms with Gasteiger partial charge >= 0.3 is 5.97 Å². The first-order chi connectivity index (χ1) is 34.6. The molecule has 71 heavy (non-hydrogen) atoms. The normalized spacial score (nSPS) is 14.1. The Labute approximate surface area is 439 Å². The van der Waals surface area contributed by atoms with Crippen LogP contribution in [-0.4, -0.2) is 70.7 Å². The average Bonchev–Trinajstić information content (AvgIpc) is 3.33. The van der Waals surface area contributed by atoms with Crippen molar-refractivity contribution in [2.24, 2.45) is 0 Å². The maximum Gasteiger partial charge on any atom is 0.306 e. The molecule has 0 saturated heterocycles. The molecular formula is C62H112NO7P. The highest BCUT2D eigenvalue weighted by atomic mass is 31.2. The molecule has 8 nitrogen and oxygen atoms in total. The van der Waals surface area contributed by atoms with Crippen molar-refractivity contribution < 1.29 is 37.3 Å². The van der Waals surface area contributed by atoms with Crippen molar-refractivity contribution in [3.8, 4) is 0 Å². The van der Waals surface area contributed by atoms with Crippen LogP contribution < -0.4 is 4.89 Å². The average molecular weight is 1010 g/mol. The van der Waals surface area contributed by atoms with Crippen LogP contribution in [0.15, 0.2) is 85.1 Å². The van der Waals surface area contributed by atoms with Gasteiger partial charge in [-0.2, -0.15) is 0 Å². The number of phosphoric ester groups is 1. The molecule has 0 saturated carbocycles. The van der Waals surface area contributed by atoms with Gasteiger partial charge < -0.3 is 27.9 Å². The number of hydrogen-bond donors (Lipinski definition) is 0. The molecule has 0 amide bonds. The summed E-state index contributed by atoms with van der Waals surface area (Å²) < 4.78 is 34.9. The zero-order chi connectivity index (χ0) is 51.9. The van der Waals surface area contributed by atoms with Crippen molar-refractivity contribution in [3.05, 3.63) is 85.1 Å². The number of esters is 1. The summed E-state index contributed by atoms with van der Waals surface area (Å²) in [7, 11) is 1.34. The van der Waals surface area contributed by atoms with Gasteiger partial charge in [-0.1, -0.05) is 234 Å². The predicted octanol–water partition coefficient (Wildman–Crippen LogP) is 18.1. The van der Waals surface area contributed by atoms with E-state index in [1.807, 2.05) is 21.1 Å². The van der Waals surface area contributed by atoms with Crippen LogP contribution in [-0.2, 0) is 27.9 Å². The largest absolute Gasteiger partial charge is 0.756 e. The summed E-state index contributed by atoms with van der Waals surface area (Å²) in [6, 6.07) is 0. The number of carbonyl (C=O) groups excluding carboxylic acids is 1. The quantitative estimate of drug-likeness (QED) is 0.0197. The number of carbonyl (C=O) groups is 1. The first-order valence-corrected chi connectivity index (χ1v) is 30.8. The van der Waals surface area contributed by atoms with Crippen molar-refractivity contribution in [1.82, 2.24) is 0 Å². The Morgan fingerprint density at radius 3 is 1.24 bits per heavy atom. The zero-order valence-corrected chi connectivity index (χ0v) is 47.8. The molecule has 0 spiro atoms. The molecule has 0 radical (unpaired) electrons. The van der Waals surface area contributed by atoms with Crippen LogP contribution in [0.5, 0.6) is 0 Å². The minimum Gasteiger partial charge on any atom is -0.756 e. The second kappa shape index (κ2) is 54.0. The standard InChI is InChI=1S/C62H112NO7P/c1-6-8-10-12-14-16-18-20-22-24-26-28-30-32-33-35-37-39-41-43-45-47-49-51-53-55-62(64)70-61(60-69-71(65,66)68-58-56-63(3,4)5)59-67-57-54-52-50-48-46-44-42-40-38-36-34-31-29-27-25-23-21-19-17-15-13-11-9-7-2/h8,10,14,16,20,22,25-28,32-33,37,39,61H,6-7,9,11-13,15,17-19,21,23-24,29-31,34-36,38,40-60H2,1-5H3/b10-8-,16-14-,22-20-,27-25-,28-26-,33-32-,39-37-. The molecule has 0 aliphatic rings. The number of hydrogen-bond acceptors (Lipinski definition) is 7. The Morgan fingerprint density at radius 2 is 0.817 bits per heavy atom. The SMILES string of the molecule is CC/C=C\C/C=C\C/C=C\C/C=C\C/C=C\C/C=C\CCCCCCCCC(=O)OC(COCCCCCCCCCCCCCC/C=C\CCCCCCCCCC)COP(=O)([O-])OCC[N+](C)(C)C. The summed E-state index contributed by atoms with van der Waals surface area (Å²) >= 11 is 0. The number of nitrogens with zero attached hydrogens (tertiary/aromatic N) is 1. The molecule has 0 aromatic heterocycles. The Balaban J connectivity index is 4.12. The molecule has 0 aromatic carbocycles. The van der Waals surface area contributed by atoms with Crippen molar-refractivity contribution >= 4 is 13.8 Å². The van der Waals surface area contributed by atoms with Crippen LogP contribution in [0.4, 0.5) is 0 Å². The lowest BCUT2D eigenvalue weighted by molar-refractivity contribution is -0.870. The van der Waals surface area contributed by atoms with Crippen LogP contribution >= 0.6 is 7.82 Å². The summed E-state index contributed by atoms with van der Waals surface area (Å²) in [4.78, 5) is 25.3. The molecule has 0 rings (SSSR count). The van der Waals surface area contributed by atoms with Gasteiger partial charge in [0.05, 0.1) is 34.4 Å². The van der Waals surface area contributed by atoms with E-state index in [4.69, 9.17) is 18.5 Å². The molecule has 2 unspecified atom stereocenters. The van der Waals surface area contributed by atoms with Gasteiger partial charge in [-0.15, -0.1) is 0 Å². The summed E-state index contributed by atoms with van der Waals surface area (Å²) in [5, 5.41) is 0. The highest BCUT2D eigenvalue weighted by molar-refractivity contribution is 7.45. The second-order valence-electron chi connectivity index (χ2n) is 20.6. The molecule has 0 heterocycles. The van der Waals surface area contributed by atoms with Crippen molar-refractivity contribution in [3.63, 3.8) is 0 Å². The smallest absolute Gasteiger partial charge is 0.306 e. The third kappa shape index (κ3) is 58.4. The third-order valence-electron chi connectivity index (χ3n) is 12.4. The summed E-state index contributed by atoms with van der Waals surface area (Å²) in [5.74, 6) is -0.348. The van der Waals surface area contributed by atoms with E-state index >= 15 is 0 Å². The van der Waals surface area contributed by atoms with E-state index in [1.54, 1.807) is 0 Å². The molecule has 0 N–H and O–H groups in total. The molecular weight excluding hydrogens is 902 g/mol. The number of ether oxygens (including phenoxy) is 2. The van der Waals surface area contributed by atoms with Crippen molar-refractivity contribution in [1.29, 1.82) is 0 Å². The van der Waals surface area contributed by atoms with E-state index in [0.717, 1.165) is 83.5 Å². The maximum absolute atomic E-state index is 12.8. The Kier molecular flexibility index (Phi) is 52.2. The molecule has 0 aliphatic heterocycles. The number of phosphoric acid groups is 1. The molecule has 2 atom stereocenters. The zero-order valence-electron chi connectivity index (χ0n) is 46.9. The fourth-order valence-electron chi connectivity index (χ4n) is 7.96. The number of allylic oxidation sites excluding steroid dienone is 14. The van der Waals surface area contributed by atoms with Gasteiger partial charge in [-0.25, -0.2) is 0 Å². The van der Waals surface area contributed by atoms with E-state index in [-0.39, 0.29) is 25.8 Å². The maximum atomic E-state index is 12.8.